The maximum absolute atomic E-state index is 4.73. The number of rotatable bonds is 6. The first-order chi connectivity index (χ1) is 9.51. The van der Waals surface area contributed by atoms with E-state index in [1.807, 2.05) is 0 Å². The molecule has 1 fully saturated rings. The molecule has 1 aromatic rings. The van der Waals surface area contributed by atoms with Gasteiger partial charge in [-0.1, -0.05) is 27.7 Å². The van der Waals surface area contributed by atoms with Gasteiger partial charge in [-0.15, -0.1) is 0 Å². The summed E-state index contributed by atoms with van der Waals surface area (Å²) in [7, 11) is 0. The van der Waals surface area contributed by atoms with E-state index in [0.29, 0.717) is 12.0 Å². The molecule has 0 aromatic carbocycles. The van der Waals surface area contributed by atoms with Gasteiger partial charge in [0.05, 0.1) is 0 Å². The van der Waals surface area contributed by atoms with Crippen LogP contribution in [-0.2, 0) is 0 Å². The van der Waals surface area contributed by atoms with Crippen LogP contribution in [0, 0.1) is 12.8 Å². The summed E-state index contributed by atoms with van der Waals surface area (Å²) in [5.74, 6) is 4.11. The fraction of sp³-hybridized carbons (Fsp3) is 0.750. The quantitative estimate of drug-likeness (QED) is 0.826. The standard InChI is InChI=1S/C16H28N4/c1-6-7-17-15-12(5)16(18-13-8-11(4)9-13)20-14(19-15)10(2)3/h10-11,13H,6-9H2,1-5H3,(H2,17,18,19,20). The van der Waals surface area contributed by atoms with E-state index in [0.717, 1.165) is 41.9 Å². The molecule has 0 amide bonds. The van der Waals surface area contributed by atoms with Crippen molar-refractivity contribution in [2.75, 3.05) is 17.2 Å². The summed E-state index contributed by atoms with van der Waals surface area (Å²) in [5.41, 5.74) is 1.14. The summed E-state index contributed by atoms with van der Waals surface area (Å²) < 4.78 is 0. The lowest BCUT2D eigenvalue weighted by Crippen LogP contribution is -2.34. The molecule has 1 aliphatic rings. The van der Waals surface area contributed by atoms with E-state index in [1.54, 1.807) is 0 Å². The van der Waals surface area contributed by atoms with E-state index in [4.69, 9.17) is 4.98 Å². The topological polar surface area (TPSA) is 49.8 Å². The van der Waals surface area contributed by atoms with Crippen molar-refractivity contribution in [3.05, 3.63) is 11.4 Å². The zero-order valence-electron chi connectivity index (χ0n) is 13.5. The lowest BCUT2D eigenvalue weighted by atomic mass is 9.82. The number of hydrogen-bond donors (Lipinski definition) is 2. The van der Waals surface area contributed by atoms with Gasteiger partial charge in [0.2, 0.25) is 0 Å². The highest BCUT2D eigenvalue weighted by molar-refractivity contribution is 5.58. The summed E-state index contributed by atoms with van der Waals surface area (Å²) in [5, 5.41) is 7.02. The second-order valence-corrected chi connectivity index (χ2v) is 6.40. The number of aromatic nitrogens is 2. The van der Waals surface area contributed by atoms with Crippen LogP contribution in [-0.4, -0.2) is 22.6 Å². The van der Waals surface area contributed by atoms with E-state index < -0.39 is 0 Å². The summed E-state index contributed by atoms with van der Waals surface area (Å²) in [6.45, 7) is 11.8. The van der Waals surface area contributed by atoms with Crippen molar-refractivity contribution in [3.8, 4) is 0 Å². The minimum absolute atomic E-state index is 0.346. The normalized spacial score (nSPS) is 21.7. The zero-order chi connectivity index (χ0) is 14.7. The van der Waals surface area contributed by atoms with Crippen LogP contribution in [0.25, 0.3) is 0 Å². The van der Waals surface area contributed by atoms with Crippen molar-refractivity contribution in [1.29, 1.82) is 0 Å². The second-order valence-electron chi connectivity index (χ2n) is 6.40. The maximum atomic E-state index is 4.73. The molecule has 0 bridgehead atoms. The highest BCUT2D eigenvalue weighted by Gasteiger charge is 2.26. The number of nitrogens with one attached hydrogen (secondary N) is 2. The molecule has 2 rings (SSSR count). The average molecular weight is 276 g/mol. The molecule has 0 saturated heterocycles. The SMILES string of the molecule is CCCNc1nc(C(C)C)nc(NC2CC(C)C2)c1C. The smallest absolute Gasteiger partial charge is 0.135 e. The Labute approximate surface area is 122 Å². The van der Waals surface area contributed by atoms with Crippen molar-refractivity contribution in [2.45, 2.75) is 65.8 Å². The third-order valence-electron chi connectivity index (χ3n) is 3.94. The summed E-state index contributed by atoms with van der Waals surface area (Å²) >= 11 is 0. The van der Waals surface area contributed by atoms with E-state index in [-0.39, 0.29) is 0 Å². The first-order valence-electron chi connectivity index (χ1n) is 7.90. The van der Waals surface area contributed by atoms with Crippen molar-refractivity contribution in [3.63, 3.8) is 0 Å². The van der Waals surface area contributed by atoms with Gasteiger partial charge in [-0.2, -0.15) is 0 Å². The average Bonchev–Trinajstić information content (AvgIpc) is 2.37. The van der Waals surface area contributed by atoms with Crippen LogP contribution in [0.3, 0.4) is 0 Å². The Bertz CT molecular complexity index is 450. The lowest BCUT2D eigenvalue weighted by molar-refractivity contribution is 0.308. The Kier molecular flexibility index (Phi) is 4.84. The van der Waals surface area contributed by atoms with Gasteiger partial charge in [-0.3, -0.25) is 0 Å². The van der Waals surface area contributed by atoms with Gasteiger partial charge >= 0.3 is 0 Å². The van der Waals surface area contributed by atoms with Gasteiger partial charge in [0.15, 0.2) is 0 Å². The Morgan fingerprint density at radius 3 is 2.40 bits per heavy atom. The van der Waals surface area contributed by atoms with E-state index in [1.165, 1.54) is 12.8 Å². The molecular formula is C16H28N4. The Hall–Kier alpha value is -1.32. The third kappa shape index (κ3) is 3.41. The largest absolute Gasteiger partial charge is 0.370 e. The van der Waals surface area contributed by atoms with Crippen LogP contribution >= 0.6 is 0 Å². The molecule has 0 atom stereocenters. The van der Waals surface area contributed by atoms with Gasteiger partial charge < -0.3 is 10.6 Å². The number of hydrogen-bond acceptors (Lipinski definition) is 4. The van der Waals surface area contributed by atoms with Crippen molar-refractivity contribution < 1.29 is 0 Å². The molecule has 0 unspecified atom stereocenters. The summed E-state index contributed by atoms with van der Waals surface area (Å²) in [4.78, 5) is 9.40. The van der Waals surface area contributed by atoms with Crippen molar-refractivity contribution in [1.82, 2.24) is 9.97 Å². The van der Waals surface area contributed by atoms with Crippen LogP contribution < -0.4 is 10.6 Å². The fourth-order valence-electron chi connectivity index (χ4n) is 2.56. The van der Waals surface area contributed by atoms with E-state index in [9.17, 15) is 0 Å². The number of anilines is 2. The first-order valence-corrected chi connectivity index (χ1v) is 7.90. The van der Waals surface area contributed by atoms with Crippen molar-refractivity contribution >= 4 is 11.6 Å². The molecule has 20 heavy (non-hydrogen) atoms. The van der Waals surface area contributed by atoms with E-state index >= 15 is 0 Å². The van der Waals surface area contributed by atoms with Crippen LogP contribution in [0.1, 0.15) is 64.3 Å². The predicted octanol–water partition coefficient (Wildman–Crippen LogP) is 3.94. The van der Waals surface area contributed by atoms with Gasteiger partial charge in [-0.05, 0) is 32.1 Å². The highest BCUT2D eigenvalue weighted by atomic mass is 15.1. The molecule has 1 aliphatic carbocycles. The molecular weight excluding hydrogens is 248 g/mol. The Balaban J connectivity index is 2.21. The molecule has 2 N–H and O–H groups in total. The van der Waals surface area contributed by atoms with Gasteiger partial charge in [0.25, 0.3) is 0 Å². The molecule has 1 heterocycles. The minimum atomic E-state index is 0.346. The monoisotopic (exact) mass is 276 g/mol. The molecule has 1 aromatic heterocycles. The van der Waals surface area contributed by atoms with E-state index in [2.05, 4.69) is 50.2 Å². The van der Waals surface area contributed by atoms with Crippen LogP contribution in [0.4, 0.5) is 11.6 Å². The summed E-state index contributed by atoms with van der Waals surface area (Å²) in [6.07, 6.45) is 3.60. The zero-order valence-corrected chi connectivity index (χ0v) is 13.5. The highest BCUT2D eigenvalue weighted by Crippen LogP contribution is 2.31. The second kappa shape index (κ2) is 6.42. The van der Waals surface area contributed by atoms with Gasteiger partial charge in [0.1, 0.15) is 17.5 Å². The minimum Gasteiger partial charge on any atom is -0.370 e. The number of nitrogens with zero attached hydrogens (tertiary/aromatic N) is 2. The molecule has 112 valence electrons. The first kappa shape index (κ1) is 15.1. The molecule has 4 heteroatoms. The van der Waals surface area contributed by atoms with Gasteiger partial charge in [0, 0.05) is 24.1 Å². The van der Waals surface area contributed by atoms with Crippen LogP contribution in [0.15, 0.2) is 0 Å². The Morgan fingerprint density at radius 2 is 1.85 bits per heavy atom. The van der Waals surface area contributed by atoms with Crippen LogP contribution in [0.2, 0.25) is 0 Å². The summed E-state index contributed by atoms with van der Waals surface area (Å²) in [6, 6.07) is 0.581. The molecule has 1 saturated carbocycles. The fourth-order valence-corrected chi connectivity index (χ4v) is 2.56. The predicted molar refractivity (Wildman–Crippen MR) is 85.4 cm³/mol. The molecule has 0 radical (unpaired) electrons. The lowest BCUT2D eigenvalue weighted by Gasteiger charge is -2.34. The van der Waals surface area contributed by atoms with Crippen LogP contribution in [0.5, 0.6) is 0 Å². The molecule has 4 nitrogen and oxygen atoms in total. The van der Waals surface area contributed by atoms with Gasteiger partial charge in [-0.25, -0.2) is 9.97 Å². The van der Waals surface area contributed by atoms with Crippen molar-refractivity contribution in [2.24, 2.45) is 5.92 Å². The molecule has 0 aliphatic heterocycles. The third-order valence-corrected chi connectivity index (χ3v) is 3.94. The molecule has 0 spiro atoms. The maximum Gasteiger partial charge on any atom is 0.135 e. The Morgan fingerprint density at radius 1 is 1.20 bits per heavy atom.